The van der Waals surface area contributed by atoms with Gasteiger partial charge in [0.05, 0.1) is 16.9 Å². The highest BCUT2D eigenvalue weighted by atomic mass is 19.4. The fourth-order valence-electron chi connectivity index (χ4n) is 6.91. The van der Waals surface area contributed by atoms with Gasteiger partial charge in [-0.25, -0.2) is 0 Å². The van der Waals surface area contributed by atoms with E-state index in [9.17, 15) is 18.1 Å². The molecule has 0 saturated heterocycles. The first-order chi connectivity index (χ1) is 16.6. The summed E-state index contributed by atoms with van der Waals surface area (Å²) in [6.45, 7) is 4.33. The Bertz CT molecular complexity index is 1160. The summed E-state index contributed by atoms with van der Waals surface area (Å²) in [6, 6.07) is 4.91. The third-order valence-electron chi connectivity index (χ3n) is 8.74. The second-order valence-electron chi connectivity index (χ2n) is 11.8. The number of nitroso groups, excluding NO2 is 1. The monoisotopic (exact) mass is 484 g/mol. The van der Waals surface area contributed by atoms with Crippen LogP contribution < -0.4 is 0 Å². The molecular formula is C28H31F3N2O2. The van der Waals surface area contributed by atoms with E-state index in [4.69, 9.17) is 9.72 Å². The lowest BCUT2D eigenvalue weighted by molar-refractivity contribution is -0.137. The van der Waals surface area contributed by atoms with E-state index in [1.165, 1.54) is 0 Å². The Balaban J connectivity index is 1.58. The van der Waals surface area contributed by atoms with E-state index in [1.54, 1.807) is 12.1 Å². The zero-order chi connectivity index (χ0) is 24.6. The van der Waals surface area contributed by atoms with Crippen LogP contribution in [0, 0.1) is 10.3 Å². The van der Waals surface area contributed by atoms with Crippen LogP contribution in [0.15, 0.2) is 29.4 Å². The van der Waals surface area contributed by atoms with Gasteiger partial charge >= 0.3 is 6.18 Å². The minimum absolute atomic E-state index is 0.0706. The number of nitrogens with zero attached hydrogens (tertiary/aromatic N) is 2. The van der Waals surface area contributed by atoms with Gasteiger partial charge < -0.3 is 4.74 Å². The lowest BCUT2D eigenvalue weighted by Gasteiger charge is -2.38. The van der Waals surface area contributed by atoms with E-state index in [-0.39, 0.29) is 5.41 Å². The van der Waals surface area contributed by atoms with Crippen molar-refractivity contribution in [1.82, 2.24) is 4.98 Å². The molecule has 2 heterocycles. The van der Waals surface area contributed by atoms with E-state index in [0.717, 1.165) is 97.1 Å². The molecule has 2 atom stereocenters. The molecule has 4 nitrogen and oxygen atoms in total. The fraction of sp³-hybridized carbons (Fsp3) is 0.607. The predicted molar refractivity (Wildman–Crippen MR) is 126 cm³/mol. The normalized spacial score (nSPS) is 26.9. The van der Waals surface area contributed by atoms with Crippen molar-refractivity contribution in [2.45, 2.75) is 101 Å². The second kappa shape index (κ2) is 7.86. The van der Waals surface area contributed by atoms with Crippen LogP contribution in [0.3, 0.4) is 0 Å². The molecule has 2 fully saturated rings. The number of hydrogen-bond acceptors (Lipinski definition) is 4. The Kier molecular flexibility index (Phi) is 5.20. The number of benzene rings is 1. The smallest absolute Gasteiger partial charge is 0.358 e. The number of aromatic nitrogens is 1. The molecule has 2 saturated carbocycles. The molecule has 0 bridgehead atoms. The number of hydrogen-bond donors (Lipinski definition) is 0. The number of rotatable bonds is 3. The number of pyridine rings is 1. The van der Waals surface area contributed by atoms with Crippen LogP contribution in [0.2, 0.25) is 0 Å². The lowest BCUT2D eigenvalue weighted by atomic mass is 9.69. The maximum atomic E-state index is 13.3. The molecule has 0 N–H and O–H groups in total. The van der Waals surface area contributed by atoms with Gasteiger partial charge in [-0.05, 0) is 67.2 Å². The maximum absolute atomic E-state index is 13.3. The first-order valence-corrected chi connectivity index (χ1v) is 12.9. The van der Waals surface area contributed by atoms with Crippen molar-refractivity contribution in [2.75, 3.05) is 0 Å². The highest BCUT2D eigenvalue weighted by molar-refractivity contribution is 5.55. The van der Waals surface area contributed by atoms with Crippen molar-refractivity contribution in [1.29, 1.82) is 0 Å². The molecule has 4 aliphatic rings. The molecule has 1 aliphatic heterocycles. The quantitative estimate of drug-likeness (QED) is 0.414. The molecule has 3 aliphatic carbocycles. The number of halogens is 3. The molecule has 2 aromatic rings. The van der Waals surface area contributed by atoms with E-state index in [1.807, 2.05) is 0 Å². The van der Waals surface area contributed by atoms with Gasteiger partial charge in [0.2, 0.25) is 0 Å². The summed E-state index contributed by atoms with van der Waals surface area (Å²) >= 11 is 0. The highest BCUT2D eigenvalue weighted by Gasteiger charge is 2.53. The summed E-state index contributed by atoms with van der Waals surface area (Å²) in [5.74, 6) is 0.332. The molecule has 0 unspecified atom stereocenters. The molecule has 7 heteroatoms. The molecule has 0 radical (unpaired) electrons. The van der Waals surface area contributed by atoms with Crippen LogP contribution in [-0.2, 0) is 22.9 Å². The zero-order valence-electron chi connectivity index (χ0n) is 20.3. The summed E-state index contributed by atoms with van der Waals surface area (Å²) in [7, 11) is 0. The van der Waals surface area contributed by atoms with Crippen molar-refractivity contribution in [3.05, 3.63) is 68.4 Å². The average molecular weight is 485 g/mol. The van der Waals surface area contributed by atoms with Crippen LogP contribution in [0.5, 0.6) is 0 Å². The van der Waals surface area contributed by atoms with Gasteiger partial charge in [0.1, 0.15) is 12.1 Å². The summed E-state index contributed by atoms with van der Waals surface area (Å²) in [5, 5.41) is 3.59. The van der Waals surface area contributed by atoms with Crippen molar-refractivity contribution in [3.63, 3.8) is 0 Å². The lowest BCUT2D eigenvalue weighted by Crippen LogP contribution is -2.32. The van der Waals surface area contributed by atoms with E-state index in [0.29, 0.717) is 12.3 Å². The van der Waals surface area contributed by atoms with Crippen molar-refractivity contribution >= 4 is 0 Å². The van der Waals surface area contributed by atoms with Crippen LogP contribution in [0.4, 0.5) is 13.2 Å². The third kappa shape index (κ3) is 3.64. The predicted octanol–water partition coefficient (Wildman–Crippen LogP) is 8.04. The van der Waals surface area contributed by atoms with Crippen molar-refractivity contribution in [3.8, 4) is 0 Å². The number of ether oxygens (including phenoxy) is 1. The third-order valence-corrected chi connectivity index (χ3v) is 8.74. The van der Waals surface area contributed by atoms with Crippen molar-refractivity contribution in [2.24, 2.45) is 10.6 Å². The second-order valence-corrected chi connectivity index (χ2v) is 11.8. The van der Waals surface area contributed by atoms with E-state index < -0.39 is 29.5 Å². The largest absolute Gasteiger partial charge is 0.416 e. The van der Waals surface area contributed by atoms with Gasteiger partial charge in [0, 0.05) is 22.7 Å². The molecule has 1 spiro atoms. The first-order valence-electron chi connectivity index (χ1n) is 12.9. The van der Waals surface area contributed by atoms with Crippen LogP contribution in [-0.4, -0.2) is 4.98 Å². The van der Waals surface area contributed by atoms with Gasteiger partial charge in [0.25, 0.3) is 0 Å². The van der Waals surface area contributed by atoms with Crippen molar-refractivity contribution < 1.29 is 17.9 Å². The Morgan fingerprint density at radius 3 is 2.29 bits per heavy atom. The minimum Gasteiger partial charge on any atom is -0.358 e. The summed E-state index contributed by atoms with van der Waals surface area (Å²) < 4.78 is 46.7. The van der Waals surface area contributed by atoms with E-state index in [2.05, 4.69) is 19.0 Å². The van der Waals surface area contributed by atoms with Gasteiger partial charge in [-0.3, -0.25) is 4.98 Å². The molecule has 6 rings (SSSR count). The molecule has 1 aromatic heterocycles. The molecular weight excluding hydrogens is 453 g/mol. The molecule has 1 aromatic carbocycles. The van der Waals surface area contributed by atoms with E-state index >= 15 is 0 Å². The van der Waals surface area contributed by atoms with Gasteiger partial charge in [-0.1, -0.05) is 50.4 Å². The van der Waals surface area contributed by atoms with Gasteiger partial charge in [-0.2, -0.15) is 18.1 Å². The zero-order valence-corrected chi connectivity index (χ0v) is 20.3. The summed E-state index contributed by atoms with van der Waals surface area (Å²) in [5.41, 5.74) is 4.57. The number of fused-ring (bicyclic) bond motifs is 4. The fourth-order valence-corrected chi connectivity index (χ4v) is 6.91. The Hall–Kier alpha value is -2.28. The molecule has 0 amide bonds. The SMILES string of the molecule is CC1(C)Cc2nc(C3CCC3)c3c(c2[C@@H](N=O)C1)C1(CCCC1)O[C@@H]3c1ccc(C(F)(F)F)cc1. The van der Waals surface area contributed by atoms with Crippen LogP contribution in [0.25, 0.3) is 0 Å². The standard InChI is InChI=1S/C28H31F3N2O2/c1-26(2)14-19-21(20(15-26)33-34)23-22(24(32-19)16-6-5-7-16)25(35-27(23)12-3-4-13-27)17-8-10-18(11-9-17)28(29,30)31/h8-11,16,20,25H,3-7,12-15H2,1-2H3/t20-,25+/m0/s1. The minimum atomic E-state index is -4.38. The average Bonchev–Trinajstić information content (AvgIpc) is 3.36. The number of alkyl halides is 3. The molecule has 35 heavy (non-hydrogen) atoms. The topological polar surface area (TPSA) is 51.5 Å². The summed E-state index contributed by atoms with van der Waals surface area (Å²) in [4.78, 5) is 17.4. The summed E-state index contributed by atoms with van der Waals surface area (Å²) in [6.07, 6.45) is 3.64. The Morgan fingerprint density at radius 2 is 1.71 bits per heavy atom. The van der Waals surface area contributed by atoms with Gasteiger partial charge in [0.15, 0.2) is 0 Å². The highest BCUT2D eigenvalue weighted by Crippen LogP contribution is 2.60. The van der Waals surface area contributed by atoms with Crippen LogP contribution in [0.1, 0.15) is 122 Å². The maximum Gasteiger partial charge on any atom is 0.416 e. The molecule has 186 valence electrons. The Morgan fingerprint density at radius 1 is 1.03 bits per heavy atom. The Labute approximate surface area is 203 Å². The van der Waals surface area contributed by atoms with Crippen LogP contribution >= 0.6 is 0 Å². The first kappa shape index (κ1) is 23.1. The van der Waals surface area contributed by atoms with Gasteiger partial charge in [-0.15, -0.1) is 0 Å².